The van der Waals surface area contributed by atoms with E-state index in [1.807, 2.05) is 141 Å². The normalized spacial score (nSPS) is 20.3. The number of carbonyl (C=O) groups is 5. The van der Waals surface area contributed by atoms with Crippen molar-refractivity contribution in [2.75, 3.05) is 46.6 Å². The molecule has 3 saturated carbocycles. The predicted molar refractivity (Wildman–Crippen MR) is 341 cm³/mol. The van der Waals surface area contributed by atoms with Crippen molar-refractivity contribution in [3.05, 3.63) is 191 Å². The number of ether oxygens (including phenoxy) is 1. The van der Waals surface area contributed by atoms with Crippen molar-refractivity contribution in [3.8, 4) is 16.9 Å². The zero-order valence-corrected chi connectivity index (χ0v) is 51.6. The number of H-pyrrole nitrogens is 1. The third kappa shape index (κ3) is 10.5. The minimum Gasteiger partial charge on any atom is -0.449 e. The van der Waals surface area contributed by atoms with E-state index in [2.05, 4.69) is 33.1 Å². The van der Waals surface area contributed by atoms with Gasteiger partial charge in [0.15, 0.2) is 5.75 Å². The topological polar surface area (TPSA) is 198 Å². The molecule has 88 heavy (non-hydrogen) atoms. The molecule has 0 spiro atoms. The van der Waals surface area contributed by atoms with Crippen molar-refractivity contribution in [1.82, 2.24) is 15.6 Å². The van der Waals surface area contributed by atoms with E-state index in [0.717, 1.165) is 66.2 Å². The van der Waals surface area contributed by atoms with E-state index < -0.39 is 48.6 Å². The highest BCUT2D eigenvalue weighted by molar-refractivity contribution is 7.48. The molecule has 0 saturated heterocycles. The molecule has 2 bridgehead atoms. The van der Waals surface area contributed by atoms with E-state index >= 15 is 9.59 Å². The summed E-state index contributed by atoms with van der Waals surface area (Å²) in [5, 5.41) is 11.0. The zero-order chi connectivity index (χ0) is 61.2. The fourth-order valence-electron chi connectivity index (χ4n) is 14.2. The number of aryl methyl sites for hydroxylation is 1. The van der Waals surface area contributed by atoms with Gasteiger partial charge >= 0.3 is 13.9 Å². The van der Waals surface area contributed by atoms with Gasteiger partial charge in [0, 0.05) is 71.3 Å². The lowest BCUT2D eigenvalue weighted by Crippen LogP contribution is -2.73. The van der Waals surface area contributed by atoms with Crippen molar-refractivity contribution in [3.63, 3.8) is 0 Å². The van der Waals surface area contributed by atoms with E-state index in [-0.39, 0.29) is 72.8 Å². The van der Waals surface area contributed by atoms with Crippen LogP contribution in [0.1, 0.15) is 96.7 Å². The highest BCUT2D eigenvalue weighted by Crippen LogP contribution is 2.75. The number of aromatic amines is 1. The fraction of sp³-hybridized carbons (Fsp3) is 0.319. The van der Waals surface area contributed by atoms with Gasteiger partial charge in [-0.15, -0.1) is 23.2 Å². The maximum Gasteiger partial charge on any atom is 0.530 e. The van der Waals surface area contributed by atoms with Crippen LogP contribution in [0.3, 0.4) is 0 Å². The van der Waals surface area contributed by atoms with E-state index in [1.54, 1.807) is 36.6 Å². The molecule has 0 radical (unpaired) electrons. The molecule has 3 fully saturated rings. The van der Waals surface area contributed by atoms with Gasteiger partial charge in [-0.1, -0.05) is 147 Å². The molecule has 6 aliphatic rings. The van der Waals surface area contributed by atoms with Gasteiger partial charge in [0.2, 0.25) is 23.6 Å². The Hall–Kier alpha value is -7.98. The van der Waals surface area contributed by atoms with Crippen LogP contribution in [0.5, 0.6) is 5.75 Å². The van der Waals surface area contributed by atoms with E-state index in [9.17, 15) is 18.9 Å². The van der Waals surface area contributed by atoms with Crippen LogP contribution in [-0.2, 0) is 50.7 Å². The Morgan fingerprint density at radius 2 is 1.18 bits per heavy atom. The number of rotatable bonds is 20. The Balaban J connectivity index is 0.703. The lowest BCUT2D eigenvalue weighted by atomic mass is 9.34. The first-order chi connectivity index (χ1) is 42.5. The van der Waals surface area contributed by atoms with Crippen molar-refractivity contribution in [2.45, 2.75) is 90.0 Å². The van der Waals surface area contributed by atoms with Gasteiger partial charge in [0.05, 0.1) is 40.9 Å². The van der Waals surface area contributed by atoms with Crippen LogP contribution >= 0.6 is 31.0 Å². The molecule has 1 aromatic heterocycles. The van der Waals surface area contributed by atoms with Gasteiger partial charge in [-0.25, -0.2) is 9.36 Å². The minimum atomic E-state index is -4.35. The van der Waals surface area contributed by atoms with Crippen LogP contribution in [-0.4, -0.2) is 78.2 Å². The Morgan fingerprint density at radius 3 is 1.75 bits per heavy atom. The summed E-state index contributed by atoms with van der Waals surface area (Å²) in [5.41, 5.74) is 9.09. The second-order valence-corrected chi connectivity index (χ2v) is 26.7. The molecule has 8 aromatic rings. The molecule has 4 aliphatic carbocycles. The highest BCUT2D eigenvalue weighted by atomic mass is 35.5. The zero-order valence-electron chi connectivity index (χ0n) is 49.1. The number of alkyl halides is 2. The lowest BCUT2D eigenvalue weighted by molar-refractivity contribution is -0.205. The van der Waals surface area contributed by atoms with Crippen LogP contribution in [0.2, 0.25) is 0 Å². The number of benzene rings is 7. The van der Waals surface area contributed by atoms with E-state index in [0.29, 0.717) is 54.9 Å². The number of phosphoric acid groups is 1. The number of phosphoric ester groups is 1. The number of amides is 5. The Bertz CT molecular complexity index is 4030. The Kier molecular flexibility index (Phi) is 15.8. The number of anilines is 3. The van der Waals surface area contributed by atoms with E-state index in [4.69, 9.17) is 41.5 Å². The number of hydrogen-bond donors (Lipinski definition) is 4. The first-order valence-electron chi connectivity index (χ1n) is 29.9. The first-order valence-corrected chi connectivity index (χ1v) is 32.4. The SMILES string of the molecule is Cc1c[nH]c2c(OP(=O)(OCc3ccccc3)OCc3ccccc3)cc3c(c12)[C@H](CCl)CN3C(=O)C12CC(C(=O)N3C[C@@H](CCl)c4c3cc(NC(=O)[C@H](C)NC(=O)[C@@H](NC(=O)OCC3c5ccccc5-c5ccccc53)C(C)C)c3ccccc43)(C1)C2. The molecule has 0 unspecified atom stereocenters. The molecule has 19 heteroatoms. The molecule has 4 atom stereocenters. The fourth-order valence-corrected chi connectivity index (χ4v) is 15.8. The van der Waals surface area contributed by atoms with Crippen LogP contribution in [0, 0.1) is 23.7 Å². The number of halogens is 2. The third-order valence-electron chi connectivity index (χ3n) is 18.5. The number of alkyl carbamates (subject to hydrolysis) is 1. The number of hydrogen-bond acceptors (Lipinski definition) is 10. The van der Waals surface area contributed by atoms with Crippen molar-refractivity contribution in [1.29, 1.82) is 0 Å². The second kappa shape index (κ2) is 23.5. The Labute approximate surface area is 520 Å². The number of nitrogens with zero attached hydrogens (tertiary/aromatic N) is 2. The maximum absolute atomic E-state index is 15.2. The average Bonchev–Trinajstić information content (AvgIpc) is 0.858. The van der Waals surface area contributed by atoms with Crippen LogP contribution in [0.25, 0.3) is 32.8 Å². The molecule has 7 aromatic carbocycles. The largest absolute Gasteiger partial charge is 0.530 e. The average molecular weight is 1240 g/mol. The maximum atomic E-state index is 15.2. The second-order valence-electron chi connectivity index (χ2n) is 24.5. The quantitative estimate of drug-likeness (QED) is 0.0421. The van der Waals surface area contributed by atoms with Crippen LogP contribution < -0.4 is 30.3 Å². The van der Waals surface area contributed by atoms with Crippen LogP contribution in [0.15, 0.2) is 152 Å². The minimum absolute atomic E-state index is 0.0499. The van der Waals surface area contributed by atoms with Crippen LogP contribution in [0.4, 0.5) is 21.9 Å². The first kappa shape index (κ1) is 59.0. The molecule has 4 N–H and O–H groups in total. The summed E-state index contributed by atoms with van der Waals surface area (Å²) in [4.78, 5) is 78.9. The predicted octanol–water partition coefficient (Wildman–Crippen LogP) is 13.8. The van der Waals surface area contributed by atoms with Gasteiger partial charge < -0.3 is 40.0 Å². The molecule has 16 nitrogen and oxygen atoms in total. The van der Waals surface area contributed by atoms with Gasteiger partial charge in [-0.2, -0.15) is 0 Å². The summed E-state index contributed by atoms with van der Waals surface area (Å²) in [6.45, 7) is 7.71. The molecule has 14 rings (SSSR count). The molecule has 452 valence electrons. The molecular weight excluding hydrogens is 1170 g/mol. The number of aromatic nitrogens is 1. The van der Waals surface area contributed by atoms with Gasteiger partial charge in [0.1, 0.15) is 18.7 Å². The summed E-state index contributed by atoms with van der Waals surface area (Å²) >= 11 is 13.5. The lowest BCUT2D eigenvalue weighted by Gasteiger charge is -2.69. The summed E-state index contributed by atoms with van der Waals surface area (Å²) in [7, 11) is -4.35. The monoisotopic (exact) mass is 1240 g/mol. The Morgan fingerprint density at radius 1 is 0.659 bits per heavy atom. The van der Waals surface area contributed by atoms with Gasteiger partial charge in [-0.3, -0.25) is 28.2 Å². The number of carbonyl (C=O) groups excluding carboxylic acids is 5. The number of fused-ring (bicyclic) bond motifs is 9. The molecule has 5 amide bonds. The highest BCUT2D eigenvalue weighted by Gasteiger charge is 2.76. The van der Waals surface area contributed by atoms with Crippen molar-refractivity contribution in [2.24, 2.45) is 16.7 Å². The molecule has 2 aliphatic heterocycles. The summed E-state index contributed by atoms with van der Waals surface area (Å²) in [6.07, 6.45) is 2.09. The standard InChI is InChI=1S/C69H67Cl2N6O10P/c1-40(2)61(75-67(82)84-36-53-49-23-13-11-21-47(49)48-22-12-14-24-50(48)53)64(79)73-42(4)63(78)74-54-27-55-59(52-26-16-15-25-51(52)54)45(29-70)32-76(55)65(80)68-37-69(38-68,39-68)66(81)77-33-46(30-71)60-56(77)28-57(62-58(60)41(3)31-72-62)87-88(83,85-34-43-17-7-5-8-18-43)86-35-44-19-9-6-10-20-44/h5-28,31,40,42,45-46,53,61,72H,29-30,32-39H2,1-4H3,(H,73,79)(H,74,78)(H,75,82)/t42-,45+,46+,61-,68?,69?/m0/s1. The summed E-state index contributed by atoms with van der Waals surface area (Å²) in [5.74, 6) is -1.65. The molecular formula is C69H67Cl2N6O10P. The summed E-state index contributed by atoms with van der Waals surface area (Å²) < 4.78 is 39.2. The van der Waals surface area contributed by atoms with Gasteiger partial charge in [0.25, 0.3) is 0 Å². The number of nitrogens with one attached hydrogen (secondary N) is 4. The van der Waals surface area contributed by atoms with E-state index in [1.165, 1.54) is 0 Å². The van der Waals surface area contributed by atoms with Crippen molar-refractivity contribution < 1.29 is 46.8 Å². The van der Waals surface area contributed by atoms with Crippen molar-refractivity contribution >= 4 is 99.5 Å². The smallest absolute Gasteiger partial charge is 0.449 e. The third-order valence-corrected chi connectivity index (χ3v) is 20.5. The molecule has 3 heterocycles. The van der Waals surface area contributed by atoms with Gasteiger partial charge in [-0.05, 0) is 101 Å². The summed E-state index contributed by atoms with van der Waals surface area (Å²) in [6, 6.07) is 43.8.